The Morgan fingerprint density at radius 1 is 1.24 bits per heavy atom. The van der Waals surface area contributed by atoms with Crippen molar-refractivity contribution in [2.45, 2.75) is 57.2 Å². The molecule has 2 atom stereocenters. The fourth-order valence-electron chi connectivity index (χ4n) is 2.61. The highest BCUT2D eigenvalue weighted by Crippen LogP contribution is 2.19. The first-order valence-electron chi connectivity index (χ1n) is 6.74. The Morgan fingerprint density at radius 3 is 2.53 bits per heavy atom. The van der Waals surface area contributed by atoms with Crippen molar-refractivity contribution in [2.24, 2.45) is 0 Å². The third-order valence-electron chi connectivity index (χ3n) is 3.72. The molecule has 0 bridgehead atoms. The predicted octanol–water partition coefficient (Wildman–Crippen LogP) is 2.51. The summed E-state index contributed by atoms with van der Waals surface area (Å²) < 4.78 is 0. The van der Waals surface area contributed by atoms with E-state index in [1.165, 1.54) is 31.2 Å². The van der Waals surface area contributed by atoms with Crippen LogP contribution >= 0.6 is 0 Å². The van der Waals surface area contributed by atoms with Crippen molar-refractivity contribution in [3.63, 3.8) is 0 Å². The first-order valence-corrected chi connectivity index (χ1v) is 6.74. The molecule has 0 aliphatic heterocycles. The van der Waals surface area contributed by atoms with Crippen LogP contribution in [-0.2, 0) is 6.42 Å². The number of aliphatic hydroxyl groups excluding tert-OH is 1. The fourth-order valence-corrected chi connectivity index (χ4v) is 2.61. The van der Waals surface area contributed by atoms with Crippen LogP contribution in [0.4, 0.5) is 0 Å². The van der Waals surface area contributed by atoms with Gasteiger partial charge in [-0.2, -0.15) is 0 Å². The van der Waals surface area contributed by atoms with Crippen molar-refractivity contribution in [1.82, 2.24) is 5.32 Å². The van der Waals surface area contributed by atoms with E-state index in [1.807, 2.05) is 18.2 Å². The molecule has 1 aliphatic carbocycles. The van der Waals surface area contributed by atoms with Gasteiger partial charge in [-0.05, 0) is 31.7 Å². The van der Waals surface area contributed by atoms with Crippen LogP contribution in [0, 0.1) is 0 Å². The fraction of sp³-hybridized carbons (Fsp3) is 0.600. The van der Waals surface area contributed by atoms with Gasteiger partial charge in [0.05, 0.1) is 6.10 Å². The molecule has 1 aromatic rings. The molecule has 0 spiro atoms. The lowest BCUT2D eigenvalue weighted by Crippen LogP contribution is -2.43. The molecule has 0 aromatic heterocycles. The van der Waals surface area contributed by atoms with Gasteiger partial charge in [0.2, 0.25) is 0 Å². The molecular weight excluding hydrogens is 210 g/mol. The lowest BCUT2D eigenvalue weighted by atomic mass is 10.0. The van der Waals surface area contributed by atoms with Crippen LogP contribution in [0.2, 0.25) is 0 Å². The van der Waals surface area contributed by atoms with Crippen LogP contribution in [0.25, 0.3) is 0 Å². The predicted molar refractivity (Wildman–Crippen MR) is 71.0 cm³/mol. The molecule has 2 nitrogen and oxygen atoms in total. The number of benzene rings is 1. The average Bonchev–Trinajstić information content (AvgIpc) is 2.83. The topological polar surface area (TPSA) is 32.3 Å². The minimum atomic E-state index is -0.294. The molecule has 0 amide bonds. The summed E-state index contributed by atoms with van der Waals surface area (Å²) in [6, 6.07) is 11.0. The van der Waals surface area contributed by atoms with Crippen molar-refractivity contribution in [2.75, 3.05) is 0 Å². The van der Waals surface area contributed by atoms with Crippen LogP contribution < -0.4 is 5.32 Å². The molecule has 1 aliphatic rings. The second-order valence-corrected chi connectivity index (χ2v) is 5.19. The lowest BCUT2D eigenvalue weighted by molar-refractivity contribution is 0.128. The van der Waals surface area contributed by atoms with Crippen LogP contribution in [-0.4, -0.2) is 23.3 Å². The Hall–Kier alpha value is -0.860. The van der Waals surface area contributed by atoms with Crippen LogP contribution in [0.15, 0.2) is 30.3 Å². The minimum absolute atomic E-state index is 0.179. The van der Waals surface area contributed by atoms with Gasteiger partial charge in [-0.15, -0.1) is 0 Å². The van der Waals surface area contributed by atoms with E-state index in [9.17, 15) is 5.11 Å². The van der Waals surface area contributed by atoms with Crippen molar-refractivity contribution in [1.29, 1.82) is 0 Å². The first-order chi connectivity index (χ1) is 8.25. The van der Waals surface area contributed by atoms with E-state index >= 15 is 0 Å². The van der Waals surface area contributed by atoms with Gasteiger partial charge in [0, 0.05) is 12.1 Å². The van der Waals surface area contributed by atoms with Gasteiger partial charge in [-0.3, -0.25) is 0 Å². The zero-order chi connectivity index (χ0) is 12.1. The first kappa shape index (κ1) is 12.6. The summed E-state index contributed by atoms with van der Waals surface area (Å²) in [5.41, 5.74) is 1.21. The lowest BCUT2D eigenvalue weighted by Gasteiger charge is -2.24. The van der Waals surface area contributed by atoms with E-state index in [0.717, 1.165) is 6.42 Å². The normalized spacial score (nSPS) is 20.4. The maximum absolute atomic E-state index is 10.2. The molecule has 2 N–H and O–H groups in total. The number of rotatable bonds is 5. The van der Waals surface area contributed by atoms with E-state index in [4.69, 9.17) is 0 Å². The summed E-state index contributed by atoms with van der Waals surface area (Å²) in [7, 11) is 0. The van der Waals surface area contributed by atoms with E-state index < -0.39 is 0 Å². The molecule has 94 valence electrons. The molecule has 2 rings (SSSR count). The molecule has 1 saturated carbocycles. The van der Waals surface area contributed by atoms with E-state index in [0.29, 0.717) is 6.04 Å². The number of hydrogen-bond donors (Lipinski definition) is 2. The largest absolute Gasteiger partial charge is 0.391 e. The molecule has 2 unspecified atom stereocenters. The molecule has 0 heterocycles. The van der Waals surface area contributed by atoms with Gasteiger partial charge < -0.3 is 10.4 Å². The molecule has 1 aromatic carbocycles. The highest BCUT2D eigenvalue weighted by molar-refractivity contribution is 5.15. The molecule has 1 fully saturated rings. The zero-order valence-electron chi connectivity index (χ0n) is 10.6. The Morgan fingerprint density at radius 2 is 1.88 bits per heavy atom. The minimum Gasteiger partial charge on any atom is -0.391 e. The standard InChI is InChI=1S/C15H23NO/c1-12(16-14-9-5-6-10-14)15(17)11-13-7-3-2-4-8-13/h2-4,7-8,12,14-17H,5-6,9-11H2,1H3. The third-order valence-corrected chi connectivity index (χ3v) is 3.72. The summed E-state index contributed by atoms with van der Waals surface area (Å²) >= 11 is 0. The van der Waals surface area contributed by atoms with E-state index in [1.54, 1.807) is 0 Å². The van der Waals surface area contributed by atoms with Crippen LogP contribution in [0.5, 0.6) is 0 Å². The number of nitrogens with one attached hydrogen (secondary N) is 1. The molecule has 0 saturated heterocycles. The maximum Gasteiger partial charge on any atom is 0.0730 e. The summed E-state index contributed by atoms with van der Waals surface area (Å²) in [6.45, 7) is 2.09. The summed E-state index contributed by atoms with van der Waals surface area (Å²) in [6.07, 6.45) is 5.64. The van der Waals surface area contributed by atoms with E-state index in [-0.39, 0.29) is 12.1 Å². The Balaban J connectivity index is 1.80. The molecule has 17 heavy (non-hydrogen) atoms. The summed E-state index contributed by atoms with van der Waals surface area (Å²) in [4.78, 5) is 0. The second kappa shape index (κ2) is 6.18. The van der Waals surface area contributed by atoms with Gasteiger partial charge >= 0.3 is 0 Å². The third kappa shape index (κ3) is 3.83. The van der Waals surface area contributed by atoms with Gasteiger partial charge in [0.25, 0.3) is 0 Å². The maximum atomic E-state index is 10.2. The Bertz CT molecular complexity index is 319. The second-order valence-electron chi connectivity index (χ2n) is 5.19. The van der Waals surface area contributed by atoms with E-state index in [2.05, 4.69) is 24.4 Å². The van der Waals surface area contributed by atoms with Crippen molar-refractivity contribution in [3.05, 3.63) is 35.9 Å². The SMILES string of the molecule is CC(NC1CCCC1)C(O)Cc1ccccc1. The molecular formula is C15H23NO. The van der Waals surface area contributed by atoms with Gasteiger partial charge in [0.1, 0.15) is 0 Å². The zero-order valence-corrected chi connectivity index (χ0v) is 10.6. The molecule has 0 radical (unpaired) electrons. The highest BCUT2D eigenvalue weighted by Gasteiger charge is 2.21. The molecule has 2 heteroatoms. The number of hydrogen-bond acceptors (Lipinski definition) is 2. The van der Waals surface area contributed by atoms with Gasteiger partial charge in [0.15, 0.2) is 0 Å². The average molecular weight is 233 g/mol. The van der Waals surface area contributed by atoms with Crippen molar-refractivity contribution in [3.8, 4) is 0 Å². The summed E-state index contributed by atoms with van der Waals surface area (Å²) in [5, 5.41) is 13.7. The van der Waals surface area contributed by atoms with Crippen molar-refractivity contribution >= 4 is 0 Å². The van der Waals surface area contributed by atoms with Crippen LogP contribution in [0.1, 0.15) is 38.2 Å². The monoisotopic (exact) mass is 233 g/mol. The smallest absolute Gasteiger partial charge is 0.0730 e. The number of aliphatic hydroxyl groups is 1. The van der Waals surface area contributed by atoms with Crippen LogP contribution in [0.3, 0.4) is 0 Å². The van der Waals surface area contributed by atoms with Crippen molar-refractivity contribution < 1.29 is 5.11 Å². The Kier molecular flexibility index (Phi) is 4.57. The Labute approximate surface area is 104 Å². The highest BCUT2D eigenvalue weighted by atomic mass is 16.3. The van der Waals surface area contributed by atoms with Gasteiger partial charge in [-0.1, -0.05) is 43.2 Å². The van der Waals surface area contributed by atoms with Gasteiger partial charge in [-0.25, -0.2) is 0 Å². The summed E-state index contributed by atoms with van der Waals surface area (Å²) in [5.74, 6) is 0. The quantitative estimate of drug-likeness (QED) is 0.819.